The number of rotatable bonds is 8. The highest BCUT2D eigenvalue weighted by Gasteiger charge is 2.26. The summed E-state index contributed by atoms with van der Waals surface area (Å²) >= 11 is 6.44. The second-order valence-corrected chi connectivity index (χ2v) is 8.42. The smallest absolute Gasteiger partial charge is 0.246 e. The maximum absolute atomic E-state index is 11.8. The third-order valence-corrected chi connectivity index (χ3v) is 5.86. The highest BCUT2D eigenvalue weighted by molar-refractivity contribution is 6.32. The first-order valence-corrected chi connectivity index (χ1v) is 11.6. The minimum absolute atomic E-state index is 0.101. The van der Waals surface area contributed by atoms with Crippen LogP contribution in [-0.4, -0.2) is 54.9 Å². The molecule has 0 saturated carbocycles. The number of likely N-dealkylation sites (tertiary alicyclic amines) is 1. The standard InChI is InChI=1S/C25H22ClN7O3/c1-2-23(34)33-10-7-18(13-33)36-22-6-4-20-24(32-22)25(30-15-29-20)31-16-3-5-21(19(26)11-16)35-14-17-12-27-8-9-28-17/h2-6,8-9,11-12,15,18H,1,7,10,13-14H2,(H,29,30,31)/t18-/m0/s1. The number of nitrogens with one attached hydrogen (secondary N) is 1. The summed E-state index contributed by atoms with van der Waals surface area (Å²) in [5.74, 6) is 1.36. The third-order valence-electron chi connectivity index (χ3n) is 5.56. The minimum Gasteiger partial charge on any atom is -0.486 e. The van der Waals surface area contributed by atoms with Gasteiger partial charge in [-0.3, -0.25) is 14.8 Å². The van der Waals surface area contributed by atoms with Crippen molar-refractivity contribution >= 4 is 40.0 Å². The van der Waals surface area contributed by atoms with Gasteiger partial charge in [0.05, 0.1) is 29.0 Å². The topological polar surface area (TPSA) is 115 Å². The summed E-state index contributed by atoms with van der Waals surface area (Å²) in [5, 5.41) is 3.67. The first kappa shape index (κ1) is 23.4. The number of amides is 1. The van der Waals surface area contributed by atoms with E-state index in [4.69, 9.17) is 21.1 Å². The van der Waals surface area contributed by atoms with Crippen molar-refractivity contribution < 1.29 is 14.3 Å². The molecule has 0 spiro atoms. The number of fused-ring (bicyclic) bond motifs is 1. The highest BCUT2D eigenvalue weighted by Crippen LogP contribution is 2.31. The maximum Gasteiger partial charge on any atom is 0.246 e. The molecule has 1 amide bonds. The lowest BCUT2D eigenvalue weighted by atomic mass is 10.3. The molecule has 182 valence electrons. The van der Waals surface area contributed by atoms with Crippen LogP contribution in [0, 0.1) is 0 Å². The Kier molecular flexibility index (Phi) is 6.85. The monoisotopic (exact) mass is 503 g/mol. The lowest BCUT2D eigenvalue weighted by Crippen LogP contribution is -2.29. The molecule has 4 heterocycles. The van der Waals surface area contributed by atoms with E-state index in [1.54, 1.807) is 41.7 Å². The van der Waals surface area contributed by atoms with Crippen LogP contribution in [0.3, 0.4) is 0 Å². The van der Waals surface area contributed by atoms with E-state index in [2.05, 4.69) is 36.8 Å². The van der Waals surface area contributed by atoms with Gasteiger partial charge in [0, 0.05) is 37.1 Å². The molecule has 1 aromatic carbocycles. The lowest BCUT2D eigenvalue weighted by Gasteiger charge is -2.15. The fraction of sp³-hybridized carbons (Fsp3) is 0.200. The number of pyridine rings is 1. The summed E-state index contributed by atoms with van der Waals surface area (Å²) < 4.78 is 11.8. The normalized spacial score (nSPS) is 15.0. The molecule has 1 aliphatic heterocycles. The van der Waals surface area contributed by atoms with Gasteiger partial charge in [-0.15, -0.1) is 0 Å². The van der Waals surface area contributed by atoms with E-state index in [0.29, 0.717) is 58.0 Å². The number of hydrogen-bond donors (Lipinski definition) is 1. The van der Waals surface area contributed by atoms with Gasteiger partial charge < -0.3 is 19.7 Å². The third kappa shape index (κ3) is 5.33. The van der Waals surface area contributed by atoms with Gasteiger partial charge >= 0.3 is 0 Å². The quantitative estimate of drug-likeness (QED) is 0.357. The van der Waals surface area contributed by atoms with Gasteiger partial charge in [0.25, 0.3) is 0 Å². The molecule has 1 atom stereocenters. The summed E-state index contributed by atoms with van der Waals surface area (Å²) in [4.78, 5) is 35.0. The highest BCUT2D eigenvalue weighted by atomic mass is 35.5. The molecule has 1 fully saturated rings. The predicted molar refractivity (Wildman–Crippen MR) is 134 cm³/mol. The minimum atomic E-state index is -0.145. The van der Waals surface area contributed by atoms with Crippen molar-refractivity contribution in [1.29, 1.82) is 0 Å². The van der Waals surface area contributed by atoms with Crippen LogP contribution in [0.15, 0.2) is 67.9 Å². The summed E-state index contributed by atoms with van der Waals surface area (Å²) in [6.07, 6.45) is 8.20. The molecule has 4 aromatic rings. The van der Waals surface area contributed by atoms with Crippen LogP contribution in [0.2, 0.25) is 5.02 Å². The maximum atomic E-state index is 11.8. The van der Waals surface area contributed by atoms with Gasteiger partial charge in [-0.25, -0.2) is 15.0 Å². The molecule has 11 heteroatoms. The predicted octanol–water partition coefficient (Wildman–Crippen LogP) is 3.96. The first-order valence-electron chi connectivity index (χ1n) is 11.2. The van der Waals surface area contributed by atoms with Crippen LogP contribution in [0.25, 0.3) is 11.0 Å². The molecular formula is C25H22ClN7O3. The zero-order valence-corrected chi connectivity index (χ0v) is 19.9. The van der Waals surface area contributed by atoms with Gasteiger partial charge in [0.15, 0.2) is 5.82 Å². The summed E-state index contributed by atoms with van der Waals surface area (Å²) in [5.41, 5.74) is 2.61. The van der Waals surface area contributed by atoms with Gasteiger partial charge in [0.2, 0.25) is 11.8 Å². The zero-order chi connectivity index (χ0) is 24.9. The van der Waals surface area contributed by atoms with Gasteiger partial charge in [-0.2, -0.15) is 0 Å². The molecule has 1 saturated heterocycles. The average molecular weight is 504 g/mol. The van der Waals surface area contributed by atoms with Crippen molar-refractivity contribution in [2.75, 3.05) is 18.4 Å². The van der Waals surface area contributed by atoms with Crippen LogP contribution < -0.4 is 14.8 Å². The molecule has 1 aliphatic rings. The van der Waals surface area contributed by atoms with Gasteiger partial charge in [0.1, 0.15) is 30.3 Å². The molecule has 0 bridgehead atoms. The van der Waals surface area contributed by atoms with Crippen LogP contribution in [0.5, 0.6) is 11.6 Å². The number of anilines is 2. The Balaban J connectivity index is 1.30. The Labute approximate surface area is 212 Å². The molecule has 3 aromatic heterocycles. The molecule has 10 nitrogen and oxygen atoms in total. The van der Waals surface area contributed by atoms with Gasteiger partial charge in [-0.1, -0.05) is 18.2 Å². The van der Waals surface area contributed by atoms with Crippen molar-refractivity contribution in [1.82, 2.24) is 29.8 Å². The number of nitrogens with zero attached hydrogens (tertiary/aromatic N) is 6. The molecule has 0 radical (unpaired) electrons. The average Bonchev–Trinajstić information content (AvgIpc) is 3.37. The summed E-state index contributed by atoms with van der Waals surface area (Å²) in [6.45, 7) is 4.91. The van der Waals surface area contributed by atoms with Crippen molar-refractivity contribution in [3.63, 3.8) is 0 Å². The van der Waals surface area contributed by atoms with Crippen LogP contribution >= 0.6 is 11.6 Å². The lowest BCUT2D eigenvalue weighted by molar-refractivity contribution is -0.125. The van der Waals surface area contributed by atoms with Crippen molar-refractivity contribution in [2.24, 2.45) is 0 Å². The first-order chi connectivity index (χ1) is 17.6. The Morgan fingerprint density at radius 2 is 2.14 bits per heavy atom. The fourth-order valence-electron chi connectivity index (χ4n) is 3.79. The van der Waals surface area contributed by atoms with E-state index < -0.39 is 0 Å². The van der Waals surface area contributed by atoms with E-state index in [-0.39, 0.29) is 18.6 Å². The zero-order valence-electron chi connectivity index (χ0n) is 19.2. The van der Waals surface area contributed by atoms with Crippen LogP contribution in [-0.2, 0) is 11.4 Å². The van der Waals surface area contributed by atoms with Crippen LogP contribution in [0.1, 0.15) is 12.1 Å². The van der Waals surface area contributed by atoms with E-state index in [9.17, 15) is 4.79 Å². The molecular weight excluding hydrogens is 482 g/mol. The van der Waals surface area contributed by atoms with Crippen molar-refractivity contribution in [3.8, 4) is 11.6 Å². The number of hydrogen-bond acceptors (Lipinski definition) is 9. The Morgan fingerprint density at radius 3 is 2.94 bits per heavy atom. The van der Waals surface area contributed by atoms with Crippen molar-refractivity contribution in [3.05, 3.63) is 78.6 Å². The second-order valence-electron chi connectivity index (χ2n) is 8.01. The number of halogens is 1. The van der Waals surface area contributed by atoms with Crippen LogP contribution in [0.4, 0.5) is 11.5 Å². The number of aromatic nitrogens is 5. The molecule has 5 rings (SSSR count). The summed E-state index contributed by atoms with van der Waals surface area (Å²) in [7, 11) is 0. The summed E-state index contributed by atoms with van der Waals surface area (Å²) in [6, 6.07) is 8.92. The largest absolute Gasteiger partial charge is 0.486 e. The van der Waals surface area contributed by atoms with E-state index in [1.807, 2.05) is 12.1 Å². The molecule has 36 heavy (non-hydrogen) atoms. The van der Waals surface area contributed by atoms with E-state index >= 15 is 0 Å². The molecule has 1 N–H and O–H groups in total. The SMILES string of the molecule is C=CC(=O)N1CC[C@H](Oc2ccc3ncnc(Nc4ccc(OCc5cnccn5)c(Cl)c4)c3n2)C1. The Hall–Kier alpha value is -4.31. The van der Waals surface area contributed by atoms with E-state index in [1.165, 1.54) is 12.4 Å². The Bertz CT molecular complexity index is 1400. The second kappa shape index (κ2) is 10.5. The van der Waals surface area contributed by atoms with Crippen molar-refractivity contribution in [2.45, 2.75) is 19.1 Å². The Morgan fingerprint density at radius 1 is 1.22 bits per heavy atom. The fourth-order valence-corrected chi connectivity index (χ4v) is 4.03. The van der Waals surface area contributed by atoms with Gasteiger partial charge in [-0.05, 0) is 30.3 Å². The number of benzene rings is 1. The number of carbonyl (C=O) groups is 1. The number of ether oxygens (including phenoxy) is 2. The molecule has 0 unspecified atom stereocenters. The van der Waals surface area contributed by atoms with E-state index in [0.717, 1.165) is 6.42 Å². The number of carbonyl (C=O) groups excluding carboxylic acids is 1. The molecule has 0 aliphatic carbocycles.